The van der Waals surface area contributed by atoms with Gasteiger partial charge in [0, 0.05) is 5.39 Å². The van der Waals surface area contributed by atoms with Gasteiger partial charge in [0.05, 0.1) is 42.7 Å². The van der Waals surface area contributed by atoms with Crippen molar-refractivity contribution in [3.05, 3.63) is 35.9 Å². The second-order valence-corrected chi connectivity index (χ2v) is 8.92. The highest BCUT2D eigenvalue weighted by molar-refractivity contribution is 7.26. The summed E-state index contributed by atoms with van der Waals surface area (Å²) in [5, 5.41) is 4.78. The van der Waals surface area contributed by atoms with Crippen molar-refractivity contribution in [3.8, 4) is 11.5 Å². The maximum absolute atomic E-state index is 5.73. The Morgan fingerprint density at radius 1 is 1.13 bits per heavy atom. The number of thiophene rings is 1. The van der Waals surface area contributed by atoms with Gasteiger partial charge in [-0.1, -0.05) is 0 Å². The molecule has 2 N–H and O–H groups in total. The third-order valence-corrected chi connectivity index (χ3v) is 7.33. The number of hydrogen-bond acceptors (Lipinski definition) is 6. The molecule has 30 heavy (non-hydrogen) atoms. The van der Waals surface area contributed by atoms with E-state index < -0.39 is 0 Å². The average molecular weight is 423 g/mol. The van der Waals surface area contributed by atoms with Gasteiger partial charge in [-0.25, -0.2) is 15.0 Å². The van der Waals surface area contributed by atoms with Gasteiger partial charge < -0.3 is 14.6 Å². The molecule has 4 heterocycles. The van der Waals surface area contributed by atoms with Crippen LogP contribution in [0.4, 0.5) is 5.82 Å². The van der Waals surface area contributed by atoms with Crippen molar-refractivity contribution in [3.63, 3.8) is 0 Å². The summed E-state index contributed by atoms with van der Waals surface area (Å²) in [6.45, 7) is 8.75. The predicted octanol–water partition coefficient (Wildman–Crippen LogP) is 3.71. The van der Waals surface area contributed by atoms with Crippen molar-refractivity contribution < 1.29 is 9.32 Å². The number of furan rings is 1. The van der Waals surface area contributed by atoms with E-state index in [2.05, 4.69) is 24.1 Å². The Labute approximate surface area is 180 Å². The normalized spacial score (nSPS) is 14.0. The van der Waals surface area contributed by atoms with Gasteiger partial charge in [0.15, 0.2) is 5.76 Å². The Morgan fingerprint density at radius 3 is 2.73 bits per heavy atom. The molecule has 6 nitrogen and oxygen atoms in total. The molecule has 7 heteroatoms. The van der Waals surface area contributed by atoms with Crippen molar-refractivity contribution in [2.75, 3.05) is 31.5 Å². The van der Waals surface area contributed by atoms with Crippen LogP contribution >= 0.6 is 11.3 Å². The van der Waals surface area contributed by atoms with Crippen LogP contribution in [0.2, 0.25) is 0 Å². The first-order chi connectivity index (χ1) is 14.8. The molecule has 0 amide bonds. The first-order valence-corrected chi connectivity index (χ1v) is 11.8. The molecular weight excluding hydrogens is 394 g/mol. The van der Waals surface area contributed by atoms with Crippen LogP contribution in [-0.2, 0) is 12.8 Å². The first kappa shape index (κ1) is 19.5. The minimum Gasteiger partial charge on any atom is -0.463 e. The van der Waals surface area contributed by atoms with E-state index in [1.807, 2.05) is 12.1 Å². The number of likely N-dealkylation sites (N-methyl/N-ethyl adjacent to an activating group) is 1. The van der Waals surface area contributed by atoms with E-state index >= 15 is 0 Å². The lowest BCUT2D eigenvalue weighted by molar-refractivity contribution is -0.894. The topological polar surface area (TPSA) is 68.3 Å². The molecule has 0 spiro atoms. The Hall–Kier alpha value is -2.51. The van der Waals surface area contributed by atoms with E-state index in [-0.39, 0.29) is 0 Å². The number of quaternary nitrogens is 1. The molecule has 0 bridgehead atoms. The second-order valence-electron chi connectivity index (χ2n) is 7.92. The molecule has 4 aromatic rings. The number of fused-ring (bicyclic) bond motifs is 5. The third-order valence-electron chi connectivity index (χ3n) is 6.25. The zero-order valence-electron chi connectivity index (χ0n) is 17.6. The molecule has 4 aromatic heterocycles. The molecule has 1 aliphatic rings. The van der Waals surface area contributed by atoms with E-state index in [9.17, 15) is 0 Å². The molecule has 1 aliphatic carbocycles. The fraction of sp³-hybridized carbons (Fsp3) is 0.435. The summed E-state index contributed by atoms with van der Waals surface area (Å²) >= 11 is 1.70. The van der Waals surface area contributed by atoms with Gasteiger partial charge in [0.25, 0.3) is 0 Å². The Morgan fingerprint density at radius 2 is 1.97 bits per heavy atom. The van der Waals surface area contributed by atoms with Crippen LogP contribution in [0.1, 0.15) is 37.8 Å². The number of hydrogen-bond donors (Lipinski definition) is 2. The monoisotopic (exact) mass is 422 g/mol. The Balaban J connectivity index is 1.61. The van der Waals surface area contributed by atoms with E-state index in [0.29, 0.717) is 0 Å². The summed E-state index contributed by atoms with van der Waals surface area (Å²) in [6, 6.07) is 3.95. The molecule has 0 unspecified atom stereocenters. The number of anilines is 1. The van der Waals surface area contributed by atoms with Gasteiger partial charge in [-0.2, -0.15) is 0 Å². The number of nitrogens with one attached hydrogen (secondary N) is 2. The highest BCUT2D eigenvalue weighted by atomic mass is 32.1. The lowest BCUT2D eigenvalue weighted by Gasteiger charge is -2.19. The van der Waals surface area contributed by atoms with E-state index in [0.717, 1.165) is 71.3 Å². The standard InChI is InChI=1S/C23H27N5OS/c1-3-28(4-2)12-11-24-22-21-20(25-14-26-22)18-15-8-5-6-9-16(15)19(27-23(18)30-21)17-10-7-13-29-17/h7,10,13-14H,3-6,8-9,11-12H2,1-2H3,(H,24,25,26)/p+1. The molecule has 0 aliphatic heterocycles. The molecule has 0 atom stereocenters. The van der Waals surface area contributed by atoms with Crippen molar-refractivity contribution in [1.82, 2.24) is 15.0 Å². The van der Waals surface area contributed by atoms with Gasteiger partial charge in [-0.05, 0) is 62.8 Å². The summed E-state index contributed by atoms with van der Waals surface area (Å²) in [4.78, 5) is 17.0. The summed E-state index contributed by atoms with van der Waals surface area (Å²) in [5.74, 6) is 1.79. The van der Waals surface area contributed by atoms with Crippen LogP contribution in [-0.4, -0.2) is 41.1 Å². The third kappa shape index (κ3) is 3.36. The fourth-order valence-corrected chi connectivity index (χ4v) is 5.69. The maximum atomic E-state index is 5.73. The van der Waals surface area contributed by atoms with Crippen LogP contribution < -0.4 is 10.2 Å². The predicted molar refractivity (Wildman–Crippen MR) is 122 cm³/mol. The number of aromatic nitrogens is 3. The largest absolute Gasteiger partial charge is 0.463 e. The van der Waals surface area contributed by atoms with Crippen molar-refractivity contribution in [2.45, 2.75) is 39.5 Å². The minimum atomic E-state index is 0.860. The second kappa shape index (κ2) is 8.32. The lowest BCUT2D eigenvalue weighted by Crippen LogP contribution is -3.12. The molecule has 0 radical (unpaired) electrons. The molecule has 0 aromatic carbocycles. The van der Waals surface area contributed by atoms with Crippen LogP contribution in [0, 0.1) is 0 Å². The average Bonchev–Trinajstić information content (AvgIpc) is 3.44. The maximum Gasteiger partial charge on any atom is 0.152 e. The first-order valence-electron chi connectivity index (χ1n) is 11.0. The minimum absolute atomic E-state index is 0.860. The van der Waals surface area contributed by atoms with Crippen LogP contribution in [0.5, 0.6) is 0 Å². The molecule has 5 rings (SSSR count). The SMILES string of the molecule is CC[NH+](CC)CCNc1ncnc2c1sc1nc(-c3ccco3)c3c(c12)CCCC3. The van der Waals surface area contributed by atoms with E-state index in [1.54, 1.807) is 28.8 Å². The highest BCUT2D eigenvalue weighted by Crippen LogP contribution is 2.42. The number of rotatable bonds is 7. The van der Waals surface area contributed by atoms with E-state index in [1.165, 1.54) is 29.4 Å². The van der Waals surface area contributed by atoms with Gasteiger partial charge in [-0.3, -0.25) is 0 Å². The van der Waals surface area contributed by atoms with Crippen molar-refractivity contribution in [1.29, 1.82) is 0 Å². The fourth-order valence-electron chi connectivity index (χ4n) is 4.56. The highest BCUT2D eigenvalue weighted by Gasteiger charge is 2.24. The van der Waals surface area contributed by atoms with Gasteiger partial charge >= 0.3 is 0 Å². The van der Waals surface area contributed by atoms with Gasteiger partial charge in [-0.15, -0.1) is 11.3 Å². The van der Waals surface area contributed by atoms with Crippen LogP contribution in [0.15, 0.2) is 29.1 Å². The van der Waals surface area contributed by atoms with Crippen molar-refractivity contribution >= 4 is 37.6 Å². The smallest absolute Gasteiger partial charge is 0.152 e. The summed E-state index contributed by atoms with van der Waals surface area (Å²) < 4.78 is 6.84. The summed E-state index contributed by atoms with van der Waals surface area (Å²) in [5.41, 5.74) is 4.78. The number of aryl methyl sites for hydroxylation is 1. The molecule has 0 saturated carbocycles. The molecule has 0 fully saturated rings. The Bertz CT molecular complexity index is 1160. The molecular formula is C23H28N5OS+. The Kier molecular flexibility index (Phi) is 5.39. The van der Waals surface area contributed by atoms with E-state index in [4.69, 9.17) is 14.4 Å². The zero-order valence-corrected chi connectivity index (χ0v) is 18.4. The molecule has 0 saturated heterocycles. The number of nitrogens with zero attached hydrogens (tertiary/aromatic N) is 3. The lowest BCUT2D eigenvalue weighted by atomic mass is 9.88. The molecule has 156 valence electrons. The van der Waals surface area contributed by atoms with Crippen LogP contribution in [0.3, 0.4) is 0 Å². The summed E-state index contributed by atoms with van der Waals surface area (Å²) in [7, 11) is 0. The van der Waals surface area contributed by atoms with Crippen molar-refractivity contribution in [2.24, 2.45) is 0 Å². The summed E-state index contributed by atoms with van der Waals surface area (Å²) in [6.07, 6.45) is 7.96. The van der Waals surface area contributed by atoms with Crippen LogP contribution in [0.25, 0.3) is 31.9 Å². The number of pyridine rings is 1. The quantitative estimate of drug-likeness (QED) is 0.475. The van der Waals surface area contributed by atoms with Gasteiger partial charge in [0.2, 0.25) is 0 Å². The zero-order chi connectivity index (χ0) is 20.5. The van der Waals surface area contributed by atoms with Gasteiger partial charge in [0.1, 0.15) is 22.7 Å².